The molecule has 0 saturated carbocycles. The van der Waals surface area contributed by atoms with Crippen LogP contribution in [0.4, 0.5) is 0 Å². The summed E-state index contributed by atoms with van der Waals surface area (Å²) in [5.74, 6) is -0.0582. The maximum atomic E-state index is 12.9. The van der Waals surface area contributed by atoms with Gasteiger partial charge in [0.15, 0.2) is 0 Å². The molecule has 0 radical (unpaired) electrons. The summed E-state index contributed by atoms with van der Waals surface area (Å²) in [5.41, 5.74) is 2.68. The molecule has 0 atom stereocenters. The van der Waals surface area contributed by atoms with Crippen molar-refractivity contribution in [2.24, 2.45) is 0 Å². The minimum absolute atomic E-state index is 0.0549. The molecule has 2 aromatic carbocycles. The second-order valence-electron chi connectivity index (χ2n) is 8.50. The van der Waals surface area contributed by atoms with Crippen molar-refractivity contribution >= 4 is 28.5 Å². The van der Waals surface area contributed by atoms with E-state index >= 15 is 0 Å². The summed E-state index contributed by atoms with van der Waals surface area (Å²) in [6.07, 6.45) is 2.79. The lowest BCUT2D eigenvalue weighted by Gasteiger charge is -2.38. The molecule has 32 heavy (non-hydrogen) atoms. The normalized spacial score (nSPS) is 15.7. The Kier molecular flexibility index (Phi) is 7.01. The number of aryl methyl sites for hydroxylation is 2. The van der Waals surface area contributed by atoms with Gasteiger partial charge in [-0.1, -0.05) is 42.8 Å². The molecule has 1 saturated heterocycles. The molecule has 6 nitrogen and oxygen atoms in total. The number of ether oxygens (including phenoxy) is 1. The lowest BCUT2D eigenvalue weighted by molar-refractivity contribution is -0.121. The molecule has 2 heterocycles. The van der Waals surface area contributed by atoms with Gasteiger partial charge in [-0.05, 0) is 49.1 Å². The third-order valence-electron chi connectivity index (χ3n) is 6.45. The smallest absolute Gasteiger partial charge is 0.329 e. The summed E-state index contributed by atoms with van der Waals surface area (Å²) in [5, 5.41) is 3.82. The predicted octanol–water partition coefficient (Wildman–Crippen LogP) is 4.12. The minimum atomic E-state index is -0.188. The highest BCUT2D eigenvalue weighted by Gasteiger charge is 2.35. The van der Waals surface area contributed by atoms with Gasteiger partial charge in [-0.25, -0.2) is 4.79 Å². The van der Waals surface area contributed by atoms with Crippen molar-refractivity contribution < 1.29 is 9.53 Å². The van der Waals surface area contributed by atoms with Gasteiger partial charge in [0.05, 0.1) is 11.0 Å². The standard InChI is InChI=1S/C25H30ClN3O3/c1-2-13-28-21-8-3-4-9-22(21)29(24(28)31)14-10-23(30)27-18-25(11-15-32-16-12-25)19-6-5-7-20(26)17-19/h3-9,17H,2,10-16,18H2,1H3,(H,27,30). The van der Waals surface area contributed by atoms with Crippen molar-refractivity contribution in [2.75, 3.05) is 19.8 Å². The lowest BCUT2D eigenvalue weighted by atomic mass is 9.74. The number of benzene rings is 2. The first-order valence-corrected chi connectivity index (χ1v) is 11.7. The van der Waals surface area contributed by atoms with Gasteiger partial charge in [0, 0.05) is 49.7 Å². The Bertz CT molecular complexity index is 1140. The fourth-order valence-corrected chi connectivity index (χ4v) is 4.84. The van der Waals surface area contributed by atoms with Gasteiger partial charge < -0.3 is 10.1 Å². The van der Waals surface area contributed by atoms with E-state index < -0.39 is 0 Å². The van der Waals surface area contributed by atoms with E-state index in [0.717, 1.165) is 35.9 Å². The second kappa shape index (κ2) is 9.92. The number of hydrogen-bond donors (Lipinski definition) is 1. The summed E-state index contributed by atoms with van der Waals surface area (Å²) in [6, 6.07) is 15.6. The summed E-state index contributed by atoms with van der Waals surface area (Å²) in [7, 11) is 0. The Morgan fingerprint density at radius 1 is 1.06 bits per heavy atom. The van der Waals surface area contributed by atoms with E-state index in [4.69, 9.17) is 16.3 Å². The van der Waals surface area contributed by atoms with Gasteiger partial charge in [-0.15, -0.1) is 0 Å². The Morgan fingerprint density at radius 3 is 2.41 bits per heavy atom. The van der Waals surface area contributed by atoms with Crippen LogP contribution in [0, 0.1) is 0 Å². The number of imidazole rings is 1. The maximum Gasteiger partial charge on any atom is 0.329 e. The Morgan fingerprint density at radius 2 is 1.75 bits per heavy atom. The largest absolute Gasteiger partial charge is 0.381 e. The molecule has 3 aromatic rings. The minimum Gasteiger partial charge on any atom is -0.381 e. The van der Waals surface area contributed by atoms with E-state index in [9.17, 15) is 9.59 Å². The zero-order chi connectivity index (χ0) is 22.6. The maximum absolute atomic E-state index is 12.9. The zero-order valence-corrected chi connectivity index (χ0v) is 19.2. The fraction of sp³-hybridized carbons (Fsp3) is 0.440. The molecule has 0 aliphatic carbocycles. The molecule has 0 bridgehead atoms. The van der Waals surface area contributed by atoms with Crippen molar-refractivity contribution in [1.82, 2.24) is 14.5 Å². The molecular weight excluding hydrogens is 426 g/mol. The van der Waals surface area contributed by atoms with Crippen molar-refractivity contribution in [1.29, 1.82) is 0 Å². The number of fused-ring (bicyclic) bond motifs is 1. The van der Waals surface area contributed by atoms with Crippen LogP contribution in [0.1, 0.15) is 38.2 Å². The number of nitrogens with zero attached hydrogens (tertiary/aromatic N) is 2. The van der Waals surface area contributed by atoms with Crippen LogP contribution in [0.2, 0.25) is 5.02 Å². The zero-order valence-electron chi connectivity index (χ0n) is 18.5. The van der Waals surface area contributed by atoms with E-state index in [0.29, 0.717) is 37.9 Å². The molecule has 1 N–H and O–H groups in total. The third kappa shape index (κ3) is 4.62. The summed E-state index contributed by atoms with van der Waals surface area (Å²) < 4.78 is 9.09. The van der Waals surface area contributed by atoms with Crippen LogP contribution in [0.15, 0.2) is 53.3 Å². The molecule has 1 aliphatic heterocycles. The van der Waals surface area contributed by atoms with Gasteiger partial charge >= 0.3 is 5.69 Å². The number of carbonyl (C=O) groups excluding carboxylic acids is 1. The molecule has 1 amide bonds. The first-order chi connectivity index (χ1) is 15.5. The molecule has 170 valence electrons. The number of amides is 1. The Labute approximate surface area is 193 Å². The summed E-state index contributed by atoms with van der Waals surface area (Å²) >= 11 is 6.24. The van der Waals surface area contributed by atoms with Gasteiger partial charge in [0.25, 0.3) is 0 Å². The van der Waals surface area contributed by atoms with E-state index in [1.807, 2.05) is 42.5 Å². The third-order valence-corrected chi connectivity index (χ3v) is 6.68. The molecule has 4 rings (SSSR count). The van der Waals surface area contributed by atoms with Gasteiger partial charge in [-0.2, -0.15) is 0 Å². The SMILES string of the molecule is CCCn1c(=O)n(CCC(=O)NCC2(c3cccc(Cl)c3)CCOCC2)c2ccccc21. The van der Waals surface area contributed by atoms with E-state index in [-0.39, 0.29) is 23.4 Å². The van der Waals surface area contributed by atoms with Crippen LogP contribution < -0.4 is 11.0 Å². The topological polar surface area (TPSA) is 65.3 Å². The molecule has 0 unspecified atom stereocenters. The van der Waals surface area contributed by atoms with Crippen LogP contribution in [-0.4, -0.2) is 34.8 Å². The first-order valence-electron chi connectivity index (χ1n) is 11.3. The van der Waals surface area contributed by atoms with Gasteiger partial charge in [0.1, 0.15) is 0 Å². The second-order valence-corrected chi connectivity index (χ2v) is 8.94. The highest BCUT2D eigenvalue weighted by molar-refractivity contribution is 6.30. The predicted molar refractivity (Wildman–Crippen MR) is 127 cm³/mol. The van der Waals surface area contributed by atoms with Crippen LogP contribution in [0.25, 0.3) is 11.0 Å². The highest BCUT2D eigenvalue weighted by Crippen LogP contribution is 2.35. The number of carbonyl (C=O) groups is 1. The molecule has 0 spiro atoms. The van der Waals surface area contributed by atoms with Crippen molar-refractivity contribution in [3.8, 4) is 0 Å². The number of hydrogen-bond acceptors (Lipinski definition) is 3. The van der Waals surface area contributed by atoms with Gasteiger partial charge in [-0.3, -0.25) is 13.9 Å². The fourth-order valence-electron chi connectivity index (χ4n) is 4.65. The van der Waals surface area contributed by atoms with Crippen molar-refractivity contribution in [2.45, 2.75) is 51.1 Å². The average molecular weight is 456 g/mol. The Hall–Kier alpha value is -2.57. The Balaban J connectivity index is 1.46. The van der Waals surface area contributed by atoms with Crippen molar-refractivity contribution in [3.63, 3.8) is 0 Å². The van der Waals surface area contributed by atoms with E-state index in [1.54, 1.807) is 9.13 Å². The van der Waals surface area contributed by atoms with Crippen LogP contribution in [-0.2, 0) is 28.0 Å². The van der Waals surface area contributed by atoms with Gasteiger partial charge in [0.2, 0.25) is 5.91 Å². The van der Waals surface area contributed by atoms with Crippen molar-refractivity contribution in [3.05, 3.63) is 69.6 Å². The monoisotopic (exact) mass is 455 g/mol. The first kappa shape index (κ1) is 22.6. The number of nitrogens with one attached hydrogen (secondary N) is 1. The summed E-state index contributed by atoms with van der Waals surface area (Å²) in [6.45, 7) is 4.93. The number of halogens is 1. The molecule has 1 aromatic heterocycles. The molecular formula is C25H30ClN3O3. The van der Waals surface area contributed by atoms with E-state index in [2.05, 4.69) is 18.3 Å². The van der Waals surface area contributed by atoms with Crippen LogP contribution >= 0.6 is 11.6 Å². The molecule has 1 aliphatic rings. The molecule has 7 heteroatoms. The average Bonchev–Trinajstić information content (AvgIpc) is 3.08. The van der Waals surface area contributed by atoms with Crippen LogP contribution in [0.3, 0.4) is 0 Å². The number of rotatable bonds is 8. The molecule has 1 fully saturated rings. The highest BCUT2D eigenvalue weighted by atomic mass is 35.5. The van der Waals surface area contributed by atoms with E-state index in [1.165, 1.54) is 0 Å². The quantitative estimate of drug-likeness (QED) is 0.555. The van der Waals surface area contributed by atoms with Crippen LogP contribution in [0.5, 0.6) is 0 Å². The summed E-state index contributed by atoms with van der Waals surface area (Å²) in [4.78, 5) is 25.7. The number of para-hydroxylation sites is 2. The number of aromatic nitrogens is 2. The lowest BCUT2D eigenvalue weighted by Crippen LogP contribution is -2.44.